The van der Waals surface area contributed by atoms with Gasteiger partial charge in [0.1, 0.15) is 23.7 Å². The van der Waals surface area contributed by atoms with Crippen molar-refractivity contribution >= 4 is 31.3 Å². The van der Waals surface area contributed by atoms with Crippen LogP contribution in [-0.4, -0.2) is 65.8 Å². The number of pyridine rings is 1. The maximum Gasteiger partial charge on any atom is 0.410 e. The number of carboxylic acid groups (broad SMARTS) is 1. The first-order valence-electron chi connectivity index (χ1n) is 20.5. The SMILES string of the molecule is CC(C)(C)OC(=O)N(CCCCCOc1ccc(C(O)(C(=O)O)c2ccccc2)cc1)CC(O[Si](C)(C)C(C)(C)C)c1ccc(OCc2ccccc2)c2[nH]c(=O)ccc12. The van der Waals surface area contributed by atoms with Gasteiger partial charge in [-0.05, 0) is 105 Å². The second-order valence-electron chi connectivity index (χ2n) is 17.6. The summed E-state index contributed by atoms with van der Waals surface area (Å²) >= 11 is 0. The van der Waals surface area contributed by atoms with Crippen LogP contribution >= 0.6 is 0 Å². The number of hydrogen-bond acceptors (Lipinski definition) is 8. The molecule has 1 aromatic heterocycles. The third-order valence-corrected chi connectivity index (χ3v) is 15.4. The molecule has 4 aromatic carbocycles. The third kappa shape index (κ3) is 11.6. The zero-order valence-electron chi connectivity index (χ0n) is 36.1. The standard InChI is InChI=1S/C48H60N2O9Si/c1-46(2,3)58-45(54)50(30-16-11-17-31-56-37-24-22-36(23-25-37)48(55,44(52)53)35-20-14-10-15-21-35)32-41(59-60(7,8)47(4,5)6)38-26-28-40(43-39(38)27-29-42(51)49-43)57-33-34-18-12-9-13-19-34/h9-10,12-15,18-29,41,55H,11,16-17,30-33H2,1-8H3,(H,49,51)(H,52,53). The van der Waals surface area contributed by atoms with E-state index < -0.39 is 37.7 Å². The molecule has 0 saturated heterocycles. The van der Waals surface area contributed by atoms with E-state index in [1.807, 2.05) is 63.2 Å². The zero-order valence-corrected chi connectivity index (χ0v) is 37.1. The number of benzene rings is 4. The molecule has 2 atom stereocenters. The molecule has 0 aliphatic carbocycles. The maximum absolute atomic E-state index is 13.9. The zero-order chi connectivity index (χ0) is 43.7. The number of aromatic amines is 1. The lowest BCUT2D eigenvalue weighted by atomic mass is 9.86. The van der Waals surface area contributed by atoms with Gasteiger partial charge in [0.05, 0.1) is 24.8 Å². The Kier molecular flexibility index (Phi) is 14.7. The summed E-state index contributed by atoms with van der Waals surface area (Å²) in [6.45, 7) is 17.8. The summed E-state index contributed by atoms with van der Waals surface area (Å²) < 4.78 is 25.3. The number of unbranched alkanes of at least 4 members (excludes halogenated alkanes) is 2. The van der Waals surface area contributed by atoms with Gasteiger partial charge in [-0.25, -0.2) is 9.59 Å². The molecule has 5 aromatic rings. The van der Waals surface area contributed by atoms with Crippen LogP contribution in [0.2, 0.25) is 18.1 Å². The van der Waals surface area contributed by atoms with E-state index in [2.05, 4.69) is 38.8 Å². The van der Waals surface area contributed by atoms with Gasteiger partial charge in [0.2, 0.25) is 11.2 Å². The maximum atomic E-state index is 13.9. The minimum Gasteiger partial charge on any atom is -0.494 e. The van der Waals surface area contributed by atoms with Crippen LogP contribution in [0.25, 0.3) is 10.9 Å². The highest BCUT2D eigenvalue weighted by molar-refractivity contribution is 6.74. The Morgan fingerprint density at radius 1 is 0.767 bits per heavy atom. The summed E-state index contributed by atoms with van der Waals surface area (Å²) in [6.07, 6.45) is 1.11. The summed E-state index contributed by atoms with van der Waals surface area (Å²) in [4.78, 5) is 43.5. The van der Waals surface area contributed by atoms with E-state index in [9.17, 15) is 24.6 Å². The number of H-pyrrole nitrogens is 1. The average molecular weight is 837 g/mol. The topological polar surface area (TPSA) is 148 Å². The number of amides is 1. The molecule has 1 heterocycles. The van der Waals surface area contributed by atoms with Crippen molar-refractivity contribution in [3.63, 3.8) is 0 Å². The fourth-order valence-electron chi connectivity index (χ4n) is 6.56. The van der Waals surface area contributed by atoms with Crippen molar-refractivity contribution in [2.75, 3.05) is 19.7 Å². The smallest absolute Gasteiger partial charge is 0.410 e. The van der Waals surface area contributed by atoms with Crippen LogP contribution < -0.4 is 15.0 Å². The molecule has 0 bridgehead atoms. The molecule has 11 nitrogen and oxygen atoms in total. The van der Waals surface area contributed by atoms with Crippen LogP contribution in [-0.2, 0) is 26.2 Å². The number of fused-ring (bicyclic) bond motifs is 1. The number of carbonyl (C=O) groups is 2. The molecule has 1 amide bonds. The predicted molar refractivity (Wildman–Crippen MR) is 237 cm³/mol. The van der Waals surface area contributed by atoms with Gasteiger partial charge in [-0.1, -0.05) is 99.6 Å². The highest BCUT2D eigenvalue weighted by atomic mass is 28.4. The number of aliphatic hydroxyl groups is 1. The Balaban J connectivity index is 1.32. The van der Waals surface area contributed by atoms with Crippen LogP contribution in [0, 0.1) is 0 Å². The molecule has 12 heteroatoms. The van der Waals surface area contributed by atoms with E-state index in [1.165, 1.54) is 6.07 Å². The number of hydrogen-bond donors (Lipinski definition) is 3. The lowest BCUT2D eigenvalue weighted by Crippen LogP contribution is -2.46. The van der Waals surface area contributed by atoms with Crippen molar-refractivity contribution in [2.24, 2.45) is 0 Å². The molecule has 0 spiro atoms. The molecule has 0 radical (unpaired) electrons. The first-order valence-corrected chi connectivity index (χ1v) is 23.4. The monoisotopic (exact) mass is 836 g/mol. The Labute approximate surface area is 354 Å². The van der Waals surface area contributed by atoms with Crippen LogP contribution in [0.4, 0.5) is 4.79 Å². The van der Waals surface area contributed by atoms with Gasteiger partial charge in [-0.3, -0.25) is 4.79 Å². The minimum atomic E-state index is -2.43. The fourth-order valence-corrected chi connectivity index (χ4v) is 7.82. The fraction of sp³-hybridized carbons (Fsp3) is 0.396. The van der Waals surface area contributed by atoms with E-state index in [4.69, 9.17) is 18.6 Å². The molecule has 5 rings (SSSR count). The van der Waals surface area contributed by atoms with E-state index >= 15 is 0 Å². The van der Waals surface area contributed by atoms with Crippen molar-refractivity contribution in [2.45, 2.75) is 103 Å². The third-order valence-electron chi connectivity index (χ3n) is 10.9. The largest absolute Gasteiger partial charge is 0.494 e. The number of ether oxygens (including phenoxy) is 3. The molecule has 320 valence electrons. The number of aliphatic carboxylic acids is 1. The van der Waals surface area contributed by atoms with Crippen molar-refractivity contribution in [3.8, 4) is 11.5 Å². The highest BCUT2D eigenvalue weighted by Gasteiger charge is 2.41. The van der Waals surface area contributed by atoms with Gasteiger partial charge in [-0.15, -0.1) is 0 Å². The quantitative estimate of drug-likeness (QED) is 0.0580. The number of aromatic nitrogens is 1. The Morgan fingerprint density at radius 3 is 2.02 bits per heavy atom. The van der Waals surface area contributed by atoms with E-state index in [1.54, 1.807) is 65.6 Å². The van der Waals surface area contributed by atoms with E-state index in [0.29, 0.717) is 49.6 Å². The lowest BCUT2D eigenvalue weighted by Gasteiger charge is -2.41. The van der Waals surface area contributed by atoms with Crippen LogP contribution in [0.15, 0.2) is 114 Å². The first kappa shape index (κ1) is 45.6. The summed E-state index contributed by atoms with van der Waals surface area (Å²) in [5, 5.41) is 21.7. The van der Waals surface area contributed by atoms with Crippen LogP contribution in [0.3, 0.4) is 0 Å². The normalized spacial score (nSPS) is 13.6. The van der Waals surface area contributed by atoms with Gasteiger partial charge < -0.3 is 38.7 Å². The molecular weight excluding hydrogens is 777 g/mol. The molecule has 0 aliphatic rings. The summed E-state index contributed by atoms with van der Waals surface area (Å²) in [7, 11) is -2.43. The van der Waals surface area contributed by atoms with Gasteiger partial charge in [0.25, 0.3) is 0 Å². The average Bonchev–Trinajstić information content (AvgIpc) is 3.19. The summed E-state index contributed by atoms with van der Waals surface area (Å²) in [6, 6.07) is 31.7. The van der Waals surface area contributed by atoms with Crippen LogP contribution in [0.5, 0.6) is 11.5 Å². The lowest BCUT2D eigenvalue weighted by molar-refractivity contribution is -0.155. The second kappa shape index (κ2) is 19.3. The summed E-state index contributed by atoms with van der Waals surface area (Å²) in [5.74, 6) is -0.282. The van der Waals surface area contributed by atoms with E-state index in [-0.39, 0.29) is 28.3 Å². The number of carbonyl (C=O) groups excluding carboxylic acids is 1. The van der Waals surface area contributed by atoms with Crippen molar-refractivity contribution < 1.29 is 38.4 Å². The van der Waals surface area contributed by atoms with Crippen LogP contribution in [0.1, 0.15) is 89.2 Å². The second-order valence-corrected chi connectivity index (χ2v) is 22.4. The van der Waals surface area contributed by atoms with Gasteiger partial charge in [0.15, 0.2) is 8.32 Å². The molecule has 2 unspecified atom stereocenters. The van der Waals surface area contributed by atoms with Crippen molar-refractivity contribution in [1.29, 1.82) is 0 Å². The van der Waals surface area contributed by atoms with E-state index in [0.717, 1.165) is 22.9 Å². The molecule has 3 N–H and O–H groups in total. The Hall–Kier alpha value is -5.43. The van der Waals surface area contributed by atoms with Crippen molar-refractivity contribution in [3.05, 3.63) is 142 Å². The highest BCUT2D eigenvalue weighted by Crippen LogP contribution is 2.42. The first-order chi connectivity index (χ1) is 28.3. The molecule has 0 fully saturated rings. The molecular formula is C48H60N2O9Si. The van der Waals surface area contributed by atoms with Gasteiger partial charge in [-0.2, -0.15) is 0 Å². The Bertz CT molecular complexity index is 2250. The number of nitrogens with zero attached hydrogens (tertiary/aromatic N) is 1. The molecule has 0 aliphatic heterocycles. The Morgan fingerprint density at radius 2 is 1.40 bits per heavy atom. The van der Waals surface area contributed by atoms with Gasteiger partial charge >= 0.3 is 12.1 Å². The number of carboxylic acids is 1. The molecule has 0 saturated carbocycles. The molecule has 60 heavy (non-hydrogen) atoms. The van der Waals surface area contributed by atoms with Gasteiger partial charge in [0, 0.05) is 18.0 Å². The number of rotatable bonds is 18. The minimum absolute atomic E-state index is 0.134. The predicted octanol–water partition coefficient (Wildman–Crippen LogP) is 9.98. The van der Waals surface area contributed by atoms with Crippen molar-refractivity contribution in [1.82, 2.24) is 9.88 Å². The summed E-state index contributed by atoms with van der Waals surface area (Å²) in [5.41, 5.74) is -0.298. The number of nitrogens with one attached hydrogen (secondary N) is 1.